The summed E-state index contributed by atoms with van der Waals surface area (Å²) < 4.78 is 10.8. The van der Waals surface area contributed by atoms with Gasteiger partial charge in [0.25, 0.3) is 17.7 Å². The number of carbonyl (C=O) groups is 4. The number of morpholine rings is 1. The second kappa shape index (κ2) is 6.64. The van der Waals surface area contributed by atoms with Crippen LogP contribution in [0.5, 0.6) is 0 Å². The molecule has 2 saturated heterocycles. The van der Waals surface area contributed by atoms with E-state index in [4.69, 9.17) is 9.47 Å². The zero-order chi connectivity index (χ0) is 22.0. The monoisotopic (exact) mass is 433 g/mol. The van der Waals surface area contributed by atoms with Gasteiger partial charge in [0.1, 0.15) is 6.61 Å². The van der Waals surface area contributed by atoms with E-state index in [-0.39, 0.29) is 30.9 Å². The number of imide groups is 1. The van der Waals surface area contributed by atoms with Gasteiger partial charge in [0.2, 0.25) is 0 Å². The highest BCUT2D eigenvalue weighted by molar-refractivity contribution is 6.22. The van der Waals surface area contributed by atoms with Crippen molar-refractivity contribution in [3.63, 3.8) is 0 Å². The molecule has 3 aliphatic heterocycles. The molecule has 2 aromatic carbocycles. The number of rotatable bonds is 3. The van der Waals surface area contributed by atoms with Gasteiger partial charge in [-0.25, -0.2) is 4.79 Å². The third-order valence-corrected chi connectivity index (χ3v) is 6.52. The first-order valence-electron chi connectivity index (χ1n) is 10.4. The molecule has 3 fully saturated rings. The van der Waals surface area contributed by atoms with Gasteiger partial charge in [-0.3, -0.25) is 24.2 Å². The summed E-state index contributed by atoms with van der Waals surface area (Å²) in [6.07, 6.45) is -0.0968. The Bertz CT molecular complexity index is 1140. The number of hydrogen-bond acceptors (Lipinski definition) is 6. The van der Waals surface area contributed by atoms with Gasteiger partial charge in [0.05, 0.1) is 30.3 Å². The first-order chi connectivity index (χ1) is 15.5. The van der Waals surface area contributed by atoms with Crippen molar-refractivity contribution < 1.29 is 28.7 Å². The molecule has 0 aromatic heterocycles. The Morgan fingerprint density at radius 1 is 0.844 bits per heavy atom. The van der Waals surface area contributed by atoms with Gasteiger partial charge in [0.15, 0.2) is 5.60 Å². The Labute approximate surface area is 183 Å². The summed E-state index contributed by atoms with van der Waals surface area (Å²) in [6, 6.07) is 13.3. The second-order valence-electron chi connectivity index (χ2n) is 8.38. The molecule has 2 atom stereocenters. The zero-order valence-electron chi connectivity index (χ0n) is 17.0. The van der Waals surface area contributed by atoms with E-state index in [1.807, 2.05) is 0 Å². The maximum atomic E-state index is 12.8. The van der Waals surface area contributed by atoms with Crippen LogP contribution >= 0.6 is 0 Å². The van der Waals surface area contributed by atoms with E-state index < -0.39 is 17.7 Å². The van der Waals surface area contributed by atoms with Crippen molar-refractivity contribution in [3.8, 4) is 0 Å². The van der Waals surface area contributed by atoms with Crippen LogP contribution in [0.3, 0.4) is 0 Å². The van der Waals surface area contributed by atoms with Crippen LogP contribution in [0.15, 0.2) is 48.5 Å². The van der Waals surface area contributed by atoms with Crippen molar-refractivity contribution in [2.75, 3.05) is 36.1 Å². The highest BCUT2D eigenvalue weighted by Crippen LogP contribution is 2.51. The third-order valence-electron chi connectivity index (χ3n) is 6.52. The molecule has 1 saturated carbocycles. The average Bonchev–Trinajstić information content (AvgIpc) is 3.28. The van der Waals surface area contributed by atoms with Gasteiger partial charge in [-0.15, -0.1) is 0 Å². The highest BCUT2D eigenvalue weighted by Gasteiger charge is 2.68. The molecule has 162 valence electrons. The third kappa shape index (κ3) is 2.67. The summed E-state index contributed by atoms with van der Waals surface area (Å²) in [4.78, 5) is 54.6. The van der Waals surface area contributed by atoms with Gasteiger partial charge >= 0.3 is 6.09 Å². The van der Waals surface area contributed by atoms with Crippen LogP contribution in [0.4, 0.5) is 16.2 Å². The molecule has 9 nitrogen and oxygen atoms in total. The molecule has 6 rings (SSSR count). The number of fused-ring (bicyclic) bond motifs is 1. The number of anilines is 2. The van der Waals surface area contributed by atoms with Crippen LogP contribution < -0.4 is 9.80 Å². The van der Waals surface area contributed by atoms with Crippen LogP contribution in [0.1, 0.15) is 27.1 Å². The highest BCUT2D eigenvalue weighted by atomic mass is 16.6. The molecule has 3 heterocycles. The predicted octanol–water partition coefficient (Wildman–Crippen LogP) is 1.81. The fourth-order valence-electron chi connectivity index (χ4n) is 4.76. The summed E-state index contributed by atoms with van der Waals surface area (Å²) >= 11 is 0. The van der Waals surface area contributed by atoms with Gasteiger partial charge in [-0.05, 0) is 36.4 Å². The minimum atomic E-state index is -0.886. The minimum absolute atomic E-state index is 0.0575. The molecule has 0 unspecified atom stereocenters. The maximum Gasteiger partial charge on any atom is 0.415 e. The molecule has 9 heteroatoms. The van der Waals surface area contributed by atoms with Crippen LogP contribution in [-0.2, 0) is 14.3 Å². The van der Waals surface area contributed by atoms with Crippen molar-refractivity contribution in [2.45, 2.75) is 18.1 Å². The standard InChI is InChI=1S/C23H19N3O6/c27-19-12-31-10-9-24(19)14-5-7-15(8-6-14)25-13-23(32-22(25)30)11-18(23)26-20(28)16-3-1-2-4-17(16)21(26)29/h1-8,18H,9-13H2/t18-,23-/m0/s1. The lowest BCUT2D eigenvalue weighted by Gasteiger charge is -2.27. The van der Waals surface area contributed by atoms with E-state index in [1.165, 1.54) is 9.80 Å². The Kier molecular flexibility index (Phi) is 3.94. The SMILES string of the molecule is O=C1COCCN1c1ccc(N2C[C@]3(C[C@@H]3N3C(=O)c4ccccc4C3=O)OC2=O)cc1. The lowest BCUT2D eigenvalue weighted by atomic mass is 10.1. The lowest BCUT2D eigenvalue weighted by Crippen LogP contribution is -2.41. The molecular formula is C23H19N3O6. The summed E-state index contributed by atoms with van der Waals surface area (Å²) in [5, 5.41) is 0. The normalized spacial score (nSPS) is 26.8. The van der Waals surface area contributed by atoms with Crippen molar-refractivity contribution in [3.05, 3.63) is 59.7 Å². The van der Waals surface area contributed by atoms with Gasteiger partial charge in [-0.1, -0.05) is 12.1 Å². The van der Waals surface area contributed by atoms with Crippen LogP contribution in [-0.4, -0.2) is 66.7 Å². The lowest BCUT2D eigenvalue weighted by molar-refractivity contribution is -0.125. The van der Waals surface area contributed by atoms with E-state index in [9.17, 15) is 19.2 Å². The van der Waals surface area contributed by atoms with E-state index in [1.54, 1.807) is 53.4 Å². The van der Waals surface area contributed by atoms with Crippen molar-refractivity contribution in [1.29, 1.82) is 0 Å². The number of carbonyl (C=O) groups excluding carboxylic acids is 4. The Balaban J connectivity index is 1.20. The average molecular weight is 433 g/mol. The van der Waals surface area contributed by atoms with E-state index in [0.29, 0.717) is 36.4 Å². The summed E-state index contributed by atoms with van der Waals surface area (Å²) in [6.45, 7) is 1.27. The number of ether oxygens (including phenoxy) is 2. The molecule has 0 bridgehead atoms. The second-order valence-corrected chi connectivity index (χ2v) is 8.38. The first kappa shape index (κ1) is 19.0. The molecule has 1 spiro atoms. The Hall–Kier alpha value is -3.72. The summed E-state index contributed by atoms with van der Waals surface area (Å²) in [7, 11) is 0. The predicted molar refractivity (Wildman–Crippen MR) is 112 cm³/mol. The van der Waals surface area contributed by atoms with Crippen LogP contribution in [0.2, 0.25) is 0 Å². The molecule has 4 amide bonds. The minimum Gasteiger partial charge on any atom is -0.438 e. The summed E-state index contributed by atoms with van der Waals surface area (Å²) in [5.41, 5.74) is 1.25. The number of hydrogen-bond donors (Lipinski definition) is 0. The quantitative estimate of drug-likeness (QED) is 0.685. The molecule has 0 N–H and O–H groups in total. The molecule has 0 radical (unpaired) electrons. The van der Waals surface area contributed by atoms with E-state index in [0.717, 1.165) is 5.69 Å². The molecule has 32 heavy (non-hydrogen) atoms. The molecular weight excluding hydrogens is 414 g/mol. The largest absolute Gasteiger partial charge is 0.438 e. The topological polar surface area (TPSA) is 96.5 Å². The van der Waals surface area contributed by atoms with Gasteiger partial charge in [0, 0.05) is 24.3 Å². The molecule has 2 aromatic rings. The Morgan fingerprint density at radius 2 is 1.47 bits per heavy atom. The number of amides is 4. The van der Waals surface area contributed by atoms with E-state index >= 15 is 0 Å². The van der Waals surface area contributed by atoms with Crippen LogP contribution in [0, 0.1) is 0 Å². The summed E-state index contributed by atoms with van der Waals surface area (Å²) in [5.74, 6) is -0.798. The smallest absolute Gasteiger partial charge is 0.415 e. The number of benzene rings is 2. The number of nitrogens with zero attached hydrogens (tertiary/aromatic N) is 3. The van der Waals surface area contributed by atoms with Gasteiger partial charge in [-0.2, -0.15) is 0 Å². The molecule has 1 aliphatic carbocycles. The van der Waals surface area contributed by atoms with Crippen LogP contribution in [0.25, 0.3) is 0 Å². The fraction of sp³-hybridized carbons (Fsp3) is 0.304. The zero-order valence-corrected chi connectivity index (χ0v) is 17.0. The molecule has 4 aliphatic rings. The van der Waals surface area contributed by atoms with Gasteiger partial charge < -0.3 is 14.4 Å². The maximum absolute atomic E-state index is 12.8. The van der Waals surface area contributed by atoms with Crippen molar-refractivity contribution in [1.82, 2.24) is 4.90 Å². The fourth-order valence-corrected chi connectivity index (χ4v) is 4.76. The van der Waals surface area contributed by atoms with E-state index in [2.05, 4.69) is 0 Å². The van der Waals surface area contributed by atoms with Crippen molar-refractivity contribution in [2.24, 2.45) is 0 Å². The van der Waals surface area contributed by atoms with Crippen molar-refractivity contribution >= 4 is 35.2 Å². The first-order valence-corrected chi connectivity index (χ1v) is 10.4. The Morgan fingerprint density at radius 3 is 2.09 bits per heavy atom.